The van der Waals surface area contributed by atoms with Crippen LogP contribution in [0.1, 0.15) is 22.7 Å². The number of nitrogens with one attached hydrogen (secondary N) is 1. The molecule has 4 heteroatoms. The fourth-order valence-electron chi connectivity index (χ4n) is 2.74. The van der Waals surface area contributed by atoms with E-state index in [2.05, 4.69) is 11.4 Å². The fraction of sp³-hybridized carbons (Fsp3) is 0.294. The minimum absolute atomic E-state index is 0.0452. The summed E-state index contributed by atoms with van der Waals surface area (Å²) in [5.41, 5.74) is 2.99. The maximum absolute atomic E-state index is 14.1. The van der Waals surface area contributed by atoms with E-state index in [4.69, 9.17) is 16.3 Å². The zero-order valence-corrected chi connectivity index (χ0v) is 12.6. The van der Waals surface area contributed by atoms with Crippen LogP contribution in [0, 0.1) is 5.82 Å². The molecule has 0 aliphatic carbocycles. The number of rotatable bonds is 4. The molecule has 0 aromatic heterocycles. The lowest BCUT2D eigenvalue weighted by molar-refractivity contribution is 0.356. The molecule has 3 rings (SSSR count). The molecule has 2 aromatic carbocycles. The molecule has 0 radical (unpaired) electrons. The van der Waals surface area contributed by atoms with Crippen molar-refractivity contribution >= 4 is 11.6 Å². The molecule has 1 unspecified atom stereocenters. The Hall–Kier alpha value is -1.58. The molecule has 0 spiro atoms. The van der Waals surface area contributed by atoms with Gasteiger partial charge in [-0.1, -0.05) is 35.9 Å². The van der Waals surface area contributed by atoms with Gasteiger partial charge in [0.15, 0.2) is 0 Å². The van der Waals surface area contributed by atoms with E-state index in [0.717, 1.165) is 24.3 Å². The van der Waals surface area contributed by atoms with Crippen LogP contribution in [0.2, 0.25) is 5.02 Å². The summed E-state index contributed by atoms with van der Waals surface area (Å²) in [6.45, 7) is 0.742. The average Bonchev–Trinajstić information content (AvgIpc) is 2.96. The van der Waals surface area contributed by atoms with Gasteiger partial charge in [0, 0.05) is 12.5 Å². The van der Waals surface area contributed by atoms with Crippen molar-refractivity contribution in [2.45, 2.75) is 18.9 Å². The number of halogens is 2. The highest BCUT2D eigenvalue weighted by atomic mass is 35.5. The lowest BCUT2D eigenvalue weighted by Crippen LogP contribution is -2.19. The van der Waals surface area contributed by atoms with Crippen LogP contribution in [0.25, 0.3) is 0 Å². The second kappa shape index (κ2) is 6.04. The van der Waals surface area contributed by atoms with Crippen LogP contribution >= 0.6 is 11.6 Å². The summed E-state index contributed by atoms with van der Waals surface area (Å²) in [6.07, 6.45) is 1.49. The number of benzene rings is 2. The van der Waals surface area contributed by atoms with Gasteiger partial charge in [-0.3, -0.25) is 0 Å². The Kier molecular flexibility index (Phi) is 4.13. The van der Waals surface area contributed by atoms with E-state index < -0.39 is 0 Å². The molecule has 110 valence electrons. The predicted octanol–water partition coefficient (Wildman–Crippen LogP) is 3.92. The van der Waals surface area contributed by atoms with Crippen molar-refractivity contribution in [3.63, 3.8) is 0 Å². The first-order valence-electron chi connectivity index (χ1n) is 7.05. The number of hydrogen-bond acceptors (Lipinski definition) is 2. The molecule has 0 fully saturated rings. The van der Waals surface area contributed by atoms with E-state index in [9.17, 15) is 4.39 Å². The summed E-state index contributed by atoms with van der Waals surface area (Å²) in [5.74, 6) is 0.631. The van der Waals surface area contributed by atoms with Gasteiger partial charge in [-0.25, -0.2) is 4.39 Å². The van der Waals surface area contributed by atoms with Crippen LogP contribution in [-0.4, -0.2) is 13.7 Å². The van der Waals surface area contributed by atoms with Gasteiger partial charge >= 0.3 is 0 Å². The first-order chi connectivity index (χ1) is 10.2. The molecule has 0 saturated heterocycles. The standard InChI is InChI=1S/C17H17ClFNO/c1-20-15(10-13-3-2-4-14(18)17(13)19)11-5-6-16-12(9-11)7-8-21-16/h2-6,9,15,20H,7-8,10H2,1H3. The summed E-state index contributed by atoms with van der Waals surface area (Å²) >= 11 is 5.85. The molecule has 1 aliphatic rings. The number of fused-ring (bicyclic) bond motifs is 1. The number of ether oxygens (including phenoxy) is 1. The average molecular weight is 306 g/mol. The van der Waals surface area contributed by atoms with Gasteiger partial charge in [0.25, 0.3) is 0 Å². The van der Waals surface area contributed by atoms with Gasteiger partial charge in [0.1, 0.15) is 11.6 Å². The Bertz CT molecular complexity index is 659. The van der Waals surface area contributed by atoms with Crippen molar-refractivity contribution in [1.82, 2.24) is 5.32 Å². The Morgan fingerprint density at radius 1 is 1.33 bits per heavy atom. The first kappa shape index (κ1) is 14.4. The van der Waals surface area contributed by atoms with Crippen LogP contribution in [0.15, 0.2) is 36.4 Å². The Morgan fingerprint density at radius 3 is 3.00 bits per heavy atom. The predicted molar refractivity (Wildman–Crippen MR) is 82.6 cm³/mol. The summed E-state index contributed by atoms with van der Waals surface area (Å²) in [7, 11) is 1.89. The van der Waals surface area contributed by atoms with Crippen molar-refractivity contribution in [3.05, 3.63) is 63.9 Å². The van der Waals surface area contributed by atoms with Crippen molar-refractivity contribution in [2.75, 3.05) is 13.7 Å². The fourth-order valence-corrected chi connectivity index (χ4v) is 2.93. The molecule has 1 atom stereocenters. The van der Waals surface area contributed by atoms with E-state index in [0.29, 0.717) is 12.0 Å². The van der Waals surface area contributed by atoms with E-state index >= 15 is 0 Å². The Labute approximate surface area is 128 Å². The van der Waals surface area contributed by atoms with Crippen LogP contribution in [0.4, 0.5) is 4.39 Å². The molecule has 2 aromatic rings. The monoisotopic (exact) mass is 305 g/mol. The second-order valence-electron chi connectivity index (χ2n) is 5.22. The highest BCUT2D eigenvalue weighted by Gasteiger charge is 2.18. The van der Waals surface area contributed by atoms with Crippen LogP contribution < -0.4 is 10.1 Å². The molecular formula is C17H17ClFNO. The third-order valence-corrected chi connectivity index (χ3v) is 4.21. The molecular weight excluding hydrogens is 289 g/mol. The highest BCUT2D eigenvalue weighted by Crippen LogP contribution is 2.30. The summed E-state index contributed by atoms with van der Waals surface area (Å²) < 4.78 is 19.6. The molecule has 21 heavy (non-hydrogen) atoms. The van der Waals surface area contributed by atoms with Crippen molar-refractivity contribution in [2.24, 2.45) is 0 Å². The van der Waals surface area contributed by atoms with E-state index in [-0.39, 0.29) is 16.9 Å². The number of likely N-dealkylation sites (N-methyl/N-ethyl adjacent to an activating group) is 1. The quantitative estimate of drug-likeness (QED) is 0.924. The van der Waals surface area contributed by atoms with Gasteiger partial charge in [0.05, 0.1) is 11.6 Å². The normalized spacial score (nSPS) is 14.6. The molecule has 0 saturated carbocycles. The Balaban J connectivity index is 1.87. The maximum Gasteiger partial charge on any atom is 0.145 e. The van der Waals surface area contributed by atoms with Gasteiger partial charge in [0.2, 0.25) is 0 Å². The molecule has 0 amide bonds. The smallest absolute Gasteiger partial charge is 0.145 e. The molecule has 0 bridgehead atoms. The van der Waals surface area contributed by atoms with Gasteiger partial charge in [-0.15, -0.1) is 0 Å². The topological polar surface area (TPSA) is 21.3 Å². The zero-order chi connectivity index (χ0) is 14.8. The third-order valence-electron chi connectivity index (χ3n) is 3.92. The molecule has 1 N–H and O–H groups in total. The summed E-state index contributed by atoms with van der Waals surface area (Å²) in [4.78, 5) is 0. The van der Waals surface area contributed by atoms with Crippen molar-refractivity contribution in [1.29, 1.82) is 0 Å². The van der Waals surface area contributed by atoms with Gasteiger partial charge < -0.3 is 10.1 Å². The van der Waals surface area contributed by atoms with Crippen LogP contribution in [-0.2, 0) is 12.8 Å². The zero-order valence-electron chi connectivity index (χ0n) is 11.8. The molecule has 2 nitrogen and oxygen atoms in total. The number of hydrogen-bond donors (Lipinski definition) is 1. The van der Waals surface area contributed by atoms with E-state index in [1.54, 1.807) is 18.2 Å². The minimum Gasteiger partial charge on any atom is -0.493 e. The van der Waals surface area contributed by atoms with Crippen LogP contribution in [0.3, 0.4) is 0 Å². The maximum atomic E-state index is 14.1. The van der Waals surface area contributed by atoms with E-state index in [1.165, 1.54) is 5.56 Å². The van der Waals surface area contributed by atoms with Gasteiger partial charge in [-0.05, 0) is 42.3 Å². The first-order valence-corrected chi connectivity index (χ1v) is 7.42. The summed E-state index contributed by atoms with van der Waals surface area (Å²) in [6, 6.07) is 11.4. The van der Waals surface area contributed by atoms with Crippen molar-refractivity contribution < 1.29 is 9.13 Å². The van der Waals surface area contributed by atoms with Gasteiger partial charge in [-0.2, -0.15) is 0 Å². The largest absolute Gasteiger partial charge is 0.493 e. The summed E-state index contributed by atoms with van der Waals surface area (Å²) in [5, 5.41) is 3.43. The minimum atomic E-state index is -0.330. The van der Waals surface area contributed by atoms with E-state index in [1.807, 2.05) is 19.2 Å². The Morgan fingerprint density at radius 2 is 2.19 bits per heavy atom. The van der Waals surface area contributed by atoms with Crippen molar-refractivity contribution in [3.8, 4) is 5.75 Å². The molecule has 1 aliphatic heterocycles. The lowest BCUT2D eigenvalue weighted by atomic mass is 9.96. The molecule has 1 heterocycles. The highest BCUT2D eigenvalue weighted by molar-refractivity contribution is 6.30. The SMILES string of the molecule is CNC(Cc1cccc(Cl)c1F)c1ccc2c(c1)CCO2. The lowest BCUT2D eigenvalue weighted by Gasteiger charge is -2.18. The second-order valence-corrected chi connectivity index (χ2v) is 5.63. The van der Waals surface area contributed by atoms with Crippen LogP contribution in [0.5, 0.6) is 5.75 Å². The third kappa shape index (κ3) is 2.89.